The highest BCUT2D eigenvalue weighted by Gasteiger charge is 2.20. The fourth-order valence-corrected chi connectivity index (χ4v) is 1.96. The third kappa shape index (κ3) is 3.81. The largest absolute Gasteiger partial charge is 0.479 e. The molecule has 2 rings (SSSR count). The summed E-state index contributed by atoms with van der Waals surface area (Å²) in [7, 11) is 0. The van der Waals surface area contributed by atoms with Crippen molar-refractivity contribution in [3.05, 3.63) is 70.7 Å². The summed E-state index contributed by atoms with van der Waals surface area (Å²) in [5.74, 6) is -1.01. The molecule has 19 heavy (non-hydrogen) atoms. The Kier molecular flexibility index (Phi) is 4.55. The van der Waals surface area contributed by atoms with Crippen LogP contribution in [0.2, 0.25) is 5.02 Å². The van der Waals surface area contributed by atoms with E-state index in [0.717, 1.165) is 5.56 Å². The van der Waals surface area contributed by atoms with Crippen molar-refractivity contribution in [2.75, 3.05) is 0 Å². The summed E-state index contributed by atoms with van der Waals surface area (Å²) in [4.78, 5) is 11.2. The smallest absolute Gasteiger partial charge is 0.337 e. The van der Waals surface area contributed by atoms with Crippen LogP contribution in [0.5, 0.6) is 0 Å². The molecule has 0 aliphatic carbocycles. The molecule has 0 aromatic heterocycles. The number of aliphatic carboxylic acids is 1. The zero-order chi connectivity index (χ0) is 13.7. The van der Waals surface area contributed by atoms with Gasteiger partial charge in [-0.2, -0.15) is 0 Å². The SMILES string of the molecule is O=C(O)C(OCc1cccc(Cl)c1)c1ccccc1. The minimum atomic E-state index is -1.01. The molecule has 0 aliphatic heterocycles. The highest BCUT2D eigenvalue weighted by molar-refractivity contribution is 6.30. The molecule has 98 valence electrons. The molecule has 0 amide bonds. The Bertz CT molecular complexity index is 554. The van der Waals surface area contributed by atoms with Crippen LogP contribution >= 0.6 is 11.6 Å². The Balaban J connectivity index is 2.08. The summed E-state index contributed by atoms with van der Waals surface area (Å²) in [5, 5.41) is 9.81. The zero-order valence-electron chi connectivity index (χ0n) is 10.1. The molecule has 1 atom stereocenters. The van der Waals surface area contributed by atoms with Crippen molar-refractivity contribution in [2.45, 2.75) is 12.7 Å². The van der Waals surface area contributed by atoms with E-state index in [0.29, 0.717) is 10.6 Å². The number of hydrogen-bond acceptors (Lipinski definition) is 2. The fraction of sp³-hybridized carbons (Fsp3) is 0.133. The van der Waals surface area contributed by atoms with Crippen molar-refractivity contribution in [3.63, 3.8) is 0 Å². The van der Waals surface area contributed by atoms with Crippen LogP contribution in [0.25, 0.3) is 0 Å². The van der Waals surface area contributed by atoms with E-state index in [1.807, 2.05) is 12.1 Å². The lowest BCUT2D eigenvalue weighted by Gasteiger charge is -2.14. The Morgan fingerprint density at radius 2 is 1.89 bits per heavy atom. The number of halogens is 1. The number of carbonyl (C=O) groups is 1. The van der Waals surface area contributed by atoms with Crippen molar-refractivity contribution >= 4 is 17.6 Å². The second-order valence-electron chi connectivity index (χ2n) is 4.07. The van der Waals surface area contributed by atoms with Gasteiger partial charge >= 0.3 is 5.97 Å². The normalized spacial score (nSPS) is 12.1. The van der Waals surface area contributed by atoms with E-state index in [9.17, 15) is 9.90 Å². The topological polar surface area (TPSA) is 46.5 Å². The van der Waals surface area contributed by atoms with Gasteiger partial charge in [-0.15, -0.1) is 0 Å². The molecule has 0 spiro atoms. The average molecular weight is 277 g/mol. The Morgan fingerprint density at radius 1 is 1.16 bits per heavy atom. The van der Waals surface area contributed by atoms with Gasteiger partial charge in [0.15, 0.2) is 6.10 Å². The monoisotopic (exact) mass is 276 g/mol. The van der Waals surface area contributed by atoms with Crippen LogP contribution < -0.4 is 0 Å². The third-order valence-electron chi connectivity index (χ3n) is 2.63. The van der Waals surface area contributed by atoms with E-state index in [1.54, 1.807) is 42.5 Å². The van der Waals surface area contributed by atoms with E-state index >= 15 is 0 Å². The fourth-order valence-electron chi connectivity index (χ4n) is 1.74. The van der Waals surface area contributed by atoms with Crippen LogP contribution in [-0.4, -0.2) is 11.1 Å². The Hall–Kier alpha value is -1.84. The van der Waals surface area contributed by atoms with Gasteiger partial charge in [0.1, 0.15) is 0 Å². The molecular formula is C15H13ClO3. The Labute approximate surface area is 116 Å². The average Bonchev–Trinajstić information content (AvgIpc) is 2.40. The van der Waals surface area contributed by atoms with Gasteiger partial charge in [0, 0.05) is 5.02 Å². The number of carboxylic acid groups (broad SMARTS) is 1. The minimum absolute atomic E-state index is 0.201. The van der Waals surface area contributed by atoms with Crippen molar-refractivity contribution in [3.8, 4) is 0 Å². The molecule has 3 nitrogen and oxygen atoms in total. The van der Waals surface area contributed by atoms with E-state index in [1.165, 1.54) is 0 Å². The molecule has 1 unspecified atom stereocenters. The molecule has 0 aliphatic rings. The van der Waals surface area contributed by atoms with Crippen LogP contribution in [0.3, 0.4) is 0 Å². The molecule has 0 radical (unpaired) electrons. The molecule has 2 aromatic carbocycles. The number of hydrogen-bond donors (Lipinski definition) is 1. The van der Waals surface area contributed by atoms with Gasteiger partial charge in [-0.3, -0.25) is 0 Å². The highest BCUT2D eigenvalue weighted by atomic mass is 35.5. The van der Waals surface area contributed by atoms with Crippen LogP contribution in [0.4, 0.5) is 0 Å². The van der Waals surface area contributed by atoms with E-state index < -0.39 is 12.1 Å². The molecule has 4 heteroatoms. The molecule has 0 bridgehead atoms. The van der Waals surface area contributed by atoms with Crippen LogP contribution in [0, 0.1) is 0 Å². The van der Waals surface area contributed by atoms with Crippen molar-refractivity contribution in [1.82, 2.24) is 0 Å². The predicted molar refractivity (Wildman–Crippen MR) is 73.1 cm³/mol. The van der Waals surface area contributed by atoms with Crippen molar-refractivity contribution in [1.29, 1.82) is 0 Å². The lowest BCUT2D eigenvalue weighted by atomic mass is 10.1. The number of carboxylic acids is 1. The molecule has 1 N–H and O–H groups in total. The summed E-state index contributed by atoms with van der Waals surface area (Å²) in [6.07, 6.45) is -0.972. The molecule has 2 aromatic rings. The van der Waals surface area contributed by atoms with E-state index in [2.05, 4.69) is 0 Å². The third-order valence-corrected chi connectivity index (χ3v) is 2.87. The van der Waals surface area contributed by atoms with Gasteiger partial charge in [0.25, 0.3) is 0 Å². The predicted octanol–water partition coefficient (Wildman–Crippen LogP) is 3.68. The first-order valence-electron chi connectivity index (χ1n) is 5.80. The van der Waals surface area contributed by atoms with Crippen LogP contribution in [0.15, 0.2) is 54.6 Å². The molecule has 0 fully saturated rings. The summed E-state index contributed by atoms with van der Waals surface area (Å²) < 4.78 is 5.47. The van der Waals surface area contributed by atoms with Crippen LogP contribution in [0.1, 0.15) is 17.2 Å². The number of ether oxygens (including phenoxy) is 1. The lowest BCUT2D eigenvalue weighted by Crippen LogP contribution is -2.15. The quantitative estimate of drug-likeness (QED) is 0.906. The number of rotatable bonds is 5. The second-order valence-corrected chi connectivity index (χ2v) is 4.51. The lowest BCUT2D eigenvalue weighted by molar-refractivity contribution is -0.151. The van der Waals surface area contributed by atoms with Gasteiger partial charge in [0.05, 0.1) is 6.61 Å². The second kappa shape index (κ2) is 6.36. The maximum atomic E-state index is 11.2. The van der Waals surface area contributed by atoms with E-state index in [-0.39, 0.29) is 6.61 Å². The van der Waals surface area contributed by atoms with Gasteiger partial charge in [-0.25, -0.2) is 4.79 Å². The van der Waals surface area contributed by atoms with Crippen LogP contribution in [-0.2, 0) is 16.1 Å². The first-order chi connectivity index (χ1) is 9.16. The van der Waals surface area contributed by atoms with Crippen molar-refractivity contribution < 1.29 is 14.6 Å². The van der Waals surface area contributed by atoms with E-state index in [4.69, 9.17) is 16.3 Å². The maximum absolute atomic E-state index is 11.2. The first-order valence-corrected chi connectivity index (χ1v) is 6.18. The summed E-state index contributed by atoms with van der Waals surface area (Å²) in [6, 6.07) is 16.0. The molecular weight excluding hydrogens is 264 g/mol. The maximum Gasteiger partial charge on any atom is 0.337 e. The highest BCUT2D eigenvalue weighted by Crippen LogP contribution is 2.20. The standard InChI is InChI=1S/C15H13ClO3/c16-13-8-4-5-11(9-13)10-19-14(15(17)18)12-6-2-1-3-7-12/h1-9,14H,10H2,(H,17,18). The van der Waals surface area contributed by atoms with Gasteiger partial charge in [0.2, 0.25) is 0 Å². The first kappa shape index (κ1) is 13.6. The molecule has 0 heterocycles. The number of benzene rings is 2. The van der Waals surface area contributed by atoms with Gasteiger partial charge < -0.3 is 9.84 Å². The molecule has 0 saturated carbocycles. The van der Waals surface area contributed by atoms with Gasteiger partial charge in [-0.05, 0) is 23.3 Å². The molecule has 0 saturated heterocycles. The van der Waals surface area contributed by atoms with Gasteiger partial charge in [-0.1, -0.05) is 54.1 Å². The summed E-state index contributed by atoms with van der Waals surface area (Å²) >= 11 is 5.87. The van der Waals surface area contributed by atoms with Crippen molar-refractivity contribution in [2.24, 2.45) is 0 Å². The Morgan fingerprint density at radius 3 is 2.53 bits per heavy atom. The summed E-state index contributed by atoms with van der Waals surface area (Å²) in [6.45, 7) is 0.201. The zero-order valence-corrected chi connectivity index (χ0v) is 10.9. The minimum Gasteiger partial charge on any atom is -0.479 e. The summed E-state index contributed by atoms with van der Waals surface area (Å²) in [5.41, 5.74) is 1.46.